The molecule has 0 fully saturated rings. The Morgan fingerprint density at radius 1 is 1.00 bits per heavy atom. The maximum Gasteiger partial charge on any atom is 0.231 e. The maximum absolute atomic E-state index is 6.05. The Balaban J connectivity index is 2.18. The van der Waals surface area contributed by atoms with Gasteiger partial charge in [-0.1, -0.05) is 18.2 Å². The molecule has 0 atom stereocenters. The van der Waals surface area contributed by atoms with Crippen molar-refractivity contribution >= 4 is 21.6 Å². The Labute approximate surface area is 122 Å². The van der Waals surface area contributed by atoms with Crippen molar-refractivity contribution in [3.8, 4) is 11.6 Å². The highest BCUT2D eigenvalue weighted by atomic mass is 32.1. The summed E-state index contributed by atoms with van der Waals surface area (Å²) in [5.74, 6) is 2.24. The molecule has 0 saturated heterocycles. The average molecular weight is 284 g/mol. The van der Waals surface area contributed by atoms with Crippen LogP contribution in [0.1, 0.15) is 21.8 Å². The topological polar surface area (TPSA) is 35.0 Å². The summed E-state index contributed by atoms with van der Waals surface area (Å²) in [6, 6.07) is 7.97. The van der Waals surface area contributed by atoms with Gasteiger partial charge in [0.15, 0.2) is 0 Å². The molecule has 0 aliphatic carbocycles. The normalized spacial score (nSPS) is 11.0. The second kappa shape index (κ2) is 4.87. The van der Waals surface area contributed by atoms with Crippen LogP contribution in [0, 0.1) is 27.7 Å². The number of ether oxygens (including phenoxy) is 1. The summed E-state index contributed by atoms with van der Waals surface area (Å²) in [6.45, 7) is 8.13. The highest BCUT2D eigenvalue weighted by Gasteiger charge is 2.15. The first-order valence-electron chi connectivity index (χ1n) is 6.54. The van der Waals surface area contributed by atoms with E-state index in [1.54, 1.807) is 11.3 Å². The van der Waals surface area contributed by atoms with Gasteiger partial charge in [0.05, 0.1) is 5.39 Å². The third-order valence-corrected chi connectivity index (χ3v) is 4.51. The lowest BCUT2D eigenvalue weighted by molar-refractivity contribution is 0.463. The number of rotatable bonds is 2. The highest BCUT2D eigenvalue weighted by molar-refractivity contribution is 7.18. The number of nitrogens with zero attached hydrogens (tertiary/aromatic N) is 2. The molecule has 0 unspecified atom stereocenters. The predicted octanol–water partition coefficient (Wildman–Crippen LogP) is 4.72. The SMILES string of the molecule is Cc1nc(Oc2ccccc2C)c2c(C)c(C)sc2n1. The molecule has 3 nitrogen and oxygen atoms in total. The fourth-order valence-electron chi connectivity index (χ4n) is 2.16. The maximum atomic E-state index is 6.05. The molecule has 0 saturated carbocycles. The monoisotopic (exact) mass is 284 g/mol. The van der Waals surface area contributed by atoms with Crippen LogP contribution in [0.2, 0.25) is 0 Å². The van der Waals surface area contributed by atoms with Crippen molar-refractivity contribution in [3.63, 3.8) is 0 Å². The van der Waals surface area contributed by atoms with E-state index in [4.69, 9.17) is 4.74 Å². The Morgan fingerprint density at radius 3 is 2.50 bits per heavy atom. The van der Waals surface area contributed by atoms with Crippen molar-refractivity contribution in [3.05, 3.63) is 46.1 Å². The van der Waals surface area contributed by atoms with Crippen LogP contribution in [0.3, 0.4) is 0 Å². The minimum absolute atomic E-state index is 0.656. The summed E-state index contributed by atoms with van der Waals surface area (Å²) >= 11 is 1.69. The Hall–Kier alpha value is -1.94. The van der Waals surface area contributed by atoms with Gasteiger partial charge in [0.1, 0.15) is 16.4 Å². The van der Waals surface area contributed by atoms with E-state index >= 15 is 0 Å². The van der Waals surface area contributed by atoms with Crippen molar-refractivity contribution in [1.82, 2.24) is 9.97 Å². The molecule has 3 aromatic rings. The molecule has 3 rings (SSSR count). The molecular formula is C16H16N2OS. The zero-order valence-corrected chi connectivity index (χ0v) is 12.8. The van der Waals surface area contributed by atoms with Crippen LogP contribution in [0.4, 0.5) is 0 Å². The van der Waals surface area contributed by atoms with Crippen LogP contribution in [0.15, 0.2) is 24.3 Å². The Bertz CT molecular complexity index is 793. The zero-order chi connectivity index (χ0) is 14.3. The van der Waals surface area contributed by atoms with Crippen molar-refractivity contribution in [2.75, 3.05) is 0 Å². The van der Waals surface area contributed by atoms with Crippen molar-refractivity contribution in [1.29, 1.82) is 0 Å². The molecule has 2 aromatic heterocycles. The lowest BCUT2D eigenvalue weighted by atomic mass is 10.2. The van der Waals surface area contributed by atoms with Gasteiger partial charge in [0, 0.05) is 4.88 Å². The second-order valence-electron chi connectivity index (χ2n) is 4.91. The summed E-state index contributed by atoms with van der Waals surface area (Å²) in [4.78, 5) is 11.2. The van der Waals surface area contributed by atoms with Gasteiger partial charge in [-0.15, -0.1) is 11.3 Å². The summed E-state index contributed by atoms with van der Waals surface area (Å²) in [6.07, 6.45) is 0. The fraction of sp³-hybridized carbons (Fsp3) is 0.250. The van der Waals surface area contributed by atoms with E-state index in [1.807, 2.05) is 38.1 Å². The summed E-state index contributed by atoms with van der Waals surface area (Å²) in [7, 11) is 0. The van der Waals surface area contributed by atoms with E-state index in [-0.39, 0.29) is 0 Å². The van der Waals surface area contributed by atoms with E-state index in [0.29, 0.717) is 5.88 Å². The number of para-hydroxylation sites is 1. The van der Waals surface area contributed by atoms with Crippen molar-refractivity contribution in [2.24, 2.45) is 0 Å². The molecule has 20 heavy (non-hydrogen) atoms. The van der Waals surface area contributed by atoms with Crippen LogP contribution in [0.5, 0.6) is 11.6 Å². The standard InChI is InChI=1S/C16H16N2OS/c1-9-7-5-6-8-13(9)19-15-14-10(2)11(3)20-16(14)18-12(4)17-15/h5-8H,1-4H3. The van der Waals surface area contributed by atoms with Crippen LogP contribution < -0.4 is 4.74 Å². The third-order valence-electron chi connectivity index (χ3n) is 3.41. The molecule has 102 valence electrons. The molecule has 0 aliphatic heterocycles. The molecule has 4 heteroatoms. The molecule has 0 aliphatic rings. The molecular weight excluding hydrogens is 268 g/mol. The van der Waals surface area contributed by atoms with Gasteiger partial charge in [0.2, 0.25) is 5.88 Å². The first kappa shape index (κ1) is 13.1. The number of aromatic nitrogens is 2. The van der Waals surface area contributed by atoms with Gasteiger partial charge >= 0.3 is 0 Å². The summed E-state index contributed by atoms with van der Waals surface area (Å²) in [5, 5.41) is 1.03. The van der Waals surface area contributed by atoms with Gasteiger partial charge in [-0.05, 0) is 44.9 Å². The molecule has 1 aromatic carbocycles. The molecule has 0 radical (unpaired) electrons. The zero-order valence-electron chi connectivity index (χ0n) is 12.0. The summed E-state index contributed by atoms with van der Waals surface area (Å²) < 4.78 is 6.05. The van der Waals surface area contributed by atoms with E-state index in [9.17, 15) is 0 Å². The predicted molar refractivity (Wildman–Crippen MR) is 82.9 cm³/mol. The Kier molecular flexibility index (Phi) is 3.18. The van der Waals surface area contributed by atoms with Gasteiger partial charge in [-0.3, -0.25) is 0 Å². The molecule has 2 heterocycles. The van der Waals surface area contributed by atoms with Crippen LogP contribution in [-0.2, 0) is 0 Å². The largest absolute Gasteiger partial charge is 0.438 e. The molecule has 0 N–H and O–H groups in total. The van der Waals surface area contributed by atoms with Crippen molar-refractivity contribution in [2.45, 2.75) is 27.7 Å². The molecule has 0 amide bonds. The first-order valence-corrected chi connectivity index (χ1v) is 7.35. The van der Waals surface area contributed by atoms with E-state index in [0.717, 1.165) is 27.4 Å². The van der Waals surface area contributed by atoms with Gasteiger partial charge < -0.3 is 4.74 Å². The third kappa shape index (κ3) is 2.16. The highest BCUT2D eigenvalue weighted by Crippen LogP contribution is 2.36. The minimum atomic E-state index is 0.656. The number of fused-ring (bicyclic) bond motifs is 1. The van der Waals surface area contributed by atoms with Gasteiger partial charge in [-0.2, -0.15) is 4.98 Å². The van der Waals surface area contributed by atoms with E-state index in [1.165, 1.54) is 10.4 Å². The number of hydrogen-bond donors (Lipinski definition) is 0. The van der Waals surface area contributed by atoms with Crippen LogP contribution in [0.25, 0.3) is 10.2 Å². The fourth-order valence-corrected chi connectivity index (χ4v) is 3.23. The second-order valence-corrected chi connectivity index (χ2v) is 6.11. The lowest BCUT2D eigenvalue weighted by Crippen LogP contribution is -1.95. The minimum Gasteiger partial charge on any atom is -0.438 e. The van der Waals surface area contributed by atoms with Crippen LogP contribution in [-0.4, -0.2) is 9.97 Å². The van der Waals surface area contributed by atoms with Gasteiger partial charge in [0.25, 0.3) is 0 Å². The smallest absolute Gasteiger partial charge is 0.231 e. The molecule has 0 spiro atoms. The first-order chi connectivity index (χ1) is 9.56. The quantitative estimate of drug-likeness (QED) is 0.683. The molecule has 0 bridgehead atoms. The van der Waals surface area contributed by atoms with Gasteiger partial charge in [-0.25, -0.2) is 4.98 Å². The number of thiophene rings is 1. The number of hydrogen-bond acceptors (Lipinski definition) is 4. The van der Waals surface area contributed by atoms with Crippen molar-refractivity contribution < 1.29 is 4.74 Å². The lowest BCUT2D eigenvalue weighted by Gasteiger charge is -2.09. The Morgan fingerprint density at radius 2 is 1.75 bits per heavy atom. The van der Waals surface area contributed by atoms with E-state index < -0.39 is 0 Å². The average Bonchev–Trinajstić information content (AvgIpc) is 2.67. The van der Waals surface area contributed by atoms with Crippen LogP contribution >= 0.6 is 11.3 Å². The number of aryl methyl sites for hydroxylation is 4. The number of benzene rings is 1. The summed E-state index contributed by atoms with van der Waals surface area (Å²) in [5.41, 5.74) is 2.30. The van der Waals surface area contributed by atoms with E-state index in [2.05, 4.69) is 23.8 Å².